The number of imidazole rings is 1. The van der Waals surface area contributed by atoms with E-state index < -0.39 is 0 Å². The van der Waals surface area contributed by atoms with Crippen LogP contribution in [-0.2, 0) is 11.2 Å². The minimum atomic E-state index is -0.300. The van der Waals surface area contributed by atoms with Gasteiger partial charge in [0.2, 0.25) is 5.91 Å². The largest absolute Gasteiger partial charge is 0.352 e. The van der Waals surface area contributed by atoms with Crippen LogP contribution in [0.3, 0.4) is 0 Å². The van der Waals surface area contributed by atoms with Gasteiger partial charge in [0, 0.05) is 34.9 Å². The molecule has 8 nitrogen and oxygen atoms in total. The van der Waals surface area contributed by atoms with Crippen molar-refractivity contribution in [2.75, 3.05) is 25.5 Å². The highest BCUT2D eigenvalue weighted by Gasteiger charge is 2.14. The predicted octanol–water partition coefficient (Wildman–Crippen LogP) is 5.41. The molecule has 2 amide bonds. The molecule has 0 bridgehead atoms. The lowest BCUT2D eigenvalue weighted by Gasteiger charge is -2.11. The van der Waals surface area contributed by atoms with Crippen molar-refractivity contribution in [3.63, 3.8) is 0 Å². The van der Waals surface area contributed by atoms with Gasteiger partial charge in [-0.2, -0.15) is 0 Å². The molecule has 5 aromatic rings. The molecule has 0 atom stereocenters. The molecule has 0 fully saturated rings. The topological polar surface area (TPSA) is 112 Å². The van der Waals surface area contributed by atoms with Gasteiger partial charge in [0.25, 0.3) is 5.91 Å². The summed E-state index contributed by atoms with van der Waals surface area (Å²) in [6.45, 7) is 0.503. The van der Waals surface area contributed by atoms with Crippen LogP contribution in [0, 0.1) is 5.82 Å². The van der Waals surface area contributed by atoms with Crippen molar-refractivity contribution in [3.8, 4) is 22.8 Å². The van der Waals surface area contributed by atoms with E-state index in [9.17, 15) is 14.0 Å². The molecule has 11 heteroatoms. The maximum absolute atomic E-state index is 13.2. The Morgan fingerprint density at radius 1 is 0.902 bits per heavy atom. The number of aromatic nitrogens is 3. The van der Waals surface area contributed by atoms with Crippen molar-refractivity contribution in [2.24, 2.45) is 0 Å². The summed E-state index contributed by atoms with van der Waals surface area (Å²) in [6.07, 6.45) is 4.04. The Kier molecular flexibility index (Phi) is 10.9. The zero-order valence-corrected chi connectivity index (χ0v) is 23.7. The predicted molar refractivity (Wildman–Crippen MR) is 164 cm³/mol. The molecule has 0 unspecified atom stereocenters. The third-order valence-corrected chi connectivity index (χ3v) is 6.19. The van der Waals surface area contributed by atoms with Gasteiger partial charge in [-0.05, 0) is 60.8 Å². The Morgan fingerprint density at radius 3 is 2.41 bits per heavy atom. The Labute approximate surface area is 249 Å². The quantitative estimate of drug-likeness (QED) is 0.182. The normalized spacial score (nSPS) is 10.4. The van der Waals surface area contributed by atoms with Gasteiger partial charge in [0.1, 0.15) is 11.5 Å². The second-order valence-electron chi connectivity index (χ2n) is 9.07. The molecule has 0 spiro atoms. The van der Waals surface area contributed by atoms with Gasteiger partial charge in [-0.15, -0.1) is 24.8 Å². The number of rotatable bonds is 9. The van der Waals surface area contributed by atoms with Gasteiger partial charge in [0.05, 0.1) is 18.4 Å². The van der Waals surface area contributed by atoms with Crippen LogP contribution in [0.25, 0.3) is 33.5 Å². The maximum atomic E-state index is 13.2. The highest BCUT2D eigenvalue weighted by molar-refractivity contribution is 5.99. The Bertz CT molecular complexity index is 1640. The Morgan fingerprint density at radius 2 is 1.66 bits per heavy atom. The third-order valence-electron chi connectivity index (χ3n) is 6.19. The summed E-state index contributed by atoms with van der Waals surface area (Å²) in [4.78, 5) is 37.6. The zero-order valence-electron chi connectivity index (χ0n) is 22.1. The Hall–Kier alpha value is -4.31. The number of carbonyl (C=O) groups excluding carboxylic acids is 2. The van der Waals surface area contributed by atoms with Crippen LogP contribution in [0.4, 0.5) is 10.1 Å². The number of pyridine rings is 1. The van der Waals surface area contributed by atoms with Crippen molar-refractivity contribution >= 4 is 53.1 Å². The van der Waals surface area contributed by atoms with E-state index in [0.29, 0.717) is 47.0 Å². The number of anilines is 1. The van der Waals surface area contributed by atoms with Crippen LogP contribution < -0.4 is 16.0 Å². The molecule has 3 aromatic carbocycles. The number of halogens is 3. The molecule has 212 valence electrons. The van der Waals surface area contributed by atoms with E-state index in [0.717, 1.165) is 16.3 Å². The average molecular weight is 596 g/mol. The standard InChI is InChI=1S/C30H27FN6O2.2ClH/c1-32-18-28(38)36-25-13-22(12-23(14-25)30(39)33-11-10-19-6-8-24(31)9-7-19)27-17-35-29(37-27)26-15-20-4-2-3-5-21(20)16-34-26;;/h2-9,12-17,32H,10-11,18H2,1H3,(H,33,39)(H,35,37)(H,36,38);2*1H. The van der Waals surface area contributed by atoms with Crippen molar-refractivity contribution in [1.29, 1.82) is 0 Å². The number of hydrogen-bond donors (Lipinski definition) is 4. The molecular formula is C30H29Cl2FN6O2. The van der Waals surface area contributed by atoms with E-state index in [2.05, 4.69) is 30.9 Å². The number of nitrogens with one attached hydrogen (secondary N) is 4. The van der Waals surface area contributed by atoms with Gasteiger partial charge in [-0.25, -0.2) is 9.37 Å². The molecule has 2 heterocycles. The van der Waals surface area contributed by atoms with Crippen molar-refractivity contribution in [2.45, 2.75) is 6.42 Å². The van der Waals surface area contributed by atoms with E-state index in [-0.39, 0.29) is 49.0 Å². The number of nitrogens with zero attached hydrogens (tertiary/aromatic N) is 2. The minimum absolute atomic E-state index is 0. The minimum Gasteiger partial charge on any atom is -0.352 e. The molecule has 0 aliphatic heterocycles. The number of fused-ring (bicyclic) bond motifs is 1. The summed E-state index contributed by atoms with van der Waals surface area (Å²) in [5, 5.41) is 10.6. The molecule has 41 heavy (non-hydrogen) atoms. The molecular weight excluding hydrogens is 566 g/mol. The van der Waals surface area contributed by atoms with Crippen molar-refractivity contribution < 1.29 is 14.0 Å². The monoisotopic (exact) mass is 594 g/mol. The first-order valence-corrected chi connectivity index (χ1v) is 12.5. The lowest BCUT2D eigenvalue weighted by Crippen LogP contribution is -2.27. The van der Waals surface area contributed by atoms with Gasteiger partial charge in [-0.1, -0.05) is 36.4 Å². The first-order valence-electron chi connectivity index (χ1n) is 12.5. The number of likely N-dealkylation sites (N-methyl/N-ethyl adjacent to an activating group) is 1. The molecule has 0 aliphatic carbocycles. The van der Waals surface area contributed by atoms with E-state index in [1.807, 2.05) is 30.3 Å². The number of hydrogen-bond acceptors (Lipinski definition) is 5. The smallest absolute Gasteiger partial charge is 0.251 e. The van der Waals surface area contributed by atoms with Crippen LogP contribution in [0.1, 0.15) is 15.9 Å². The average Bonchev–Trinajstić information content (AvgIpc) is 3.44. The molecule has 0 saturated heterocycles. The van der Waals surface area contributed by atoms with Crippen LogP contribution in [0.5, 0.6) is 0 Å². The number of benzene rings is 3. The summed E-state index contributed by atoms with van der Waals surface area (Å²) in [7, 11) is 1.68. The molecule has 0 aliphatic rings. The van der Waals surface area contributed by atoms with E-state index in [4.69, 9.17) is 0 Å². The van der Waals surface area contributed by atoms with Crippen LogP contribution in [0.15, 0.2) is 85.2 Å². The number of amides is 2. The second kappa shape index (κ2) is 14.4. The first kappa shape index (κ1) is 31.2. The summed E-state index contributed by atoms with van der Waals surface area (Å²) in [5.74, 6) is -0.238. The molecule has 0 radical (unpaired) electrons. The molecule has 5 rings (SSSR count). The zero-order chi connectivity index (χ0) is 27.2. The van der Waals surface area contributed by atoms with Crippen LogP contribution >= 0.6 is 24.8 Å². The Balaban J connectivity index is 0.00000231. The van der Waals surface area contributed by atoms with Gasteiger partial charge < -0.3 is 20.9 Å². The summed E-state index contributed by atoms with van der Waals surface area (Å²) in [5.41, 5.74) is 3.82. The summed E-state index contributed by atoms with van der Waals surface area (Å²) in [6, 6.07) is 21.3. The lowest BCUT2D eigenvalue weighted by atomic mass is 10.1. The van der Waals surface area contributed by atoms with E-state index >= 15 is 0 Å². The highest BCUT2D eigenvalue weighted by atomic mass is 35.5. The van der Waals surface area contributed by atoms with E-state index in [1.54, 1.807) is 49.8 Å². The highest BCUT2D eigenvalue weighted by Crippen LogP contribution is 2.27. The second-order valence-corrected chi connectivity index (χ2v) is 9.07. The van der Waals surface area contributed by atoms with E-state index in [1.165, 1.54) is 12.1 Å². The number of carbonyl (C=O) groups is 2. The molecule has 4 N–H and O–H groups in total. The van der Waals surface area contributed by atoms with Crippen molar-refractivity contribution in [3.05, 3.63) is 102 Å². The van der Waals surface area contributed by atoms with Gasteiger partial charge in [0.15, 0.2) is 5.82 Å². The third kappa shape index (κ3) is 7.88. The van der Waals surface area contributed by atoms with Crippen LogP contribution in [0.2, 0.25) is 0 Å². The van der Waals surface area contributed by atoms with Crippen molar-refractivity contribution in [1.82, 2.24) is 25.6 Å². The number of aromatic amines is 1. The fourth-order valence-corrected chi connectivity index (χ4v) is 4.24. The lowest BCUT2D eigenvalue weighted by molar-refractivity contribution is -0.115. The fourth-order valence-electron chi connectivity index (χ4n) is 4.24. The molecule has 2 aromatic heterocycles. The van der Waals surface area contributed by atoms with Gasteiger partial charge >= 0.3 is 0 Å². The van der Waals surface area contributed by atoms with Gasteiger partial charge in [-0.3, -0.25) is 14.6 Å². The SMILES string of the molecule is CNCC(=O)Nc1cc(C(=O)NCCc2ccc(F)cc2)cc(-c2cnc(-c3cc4ccccc4cn3)[nH]2)c1.Cl.Cl. The molecule has 0 saturated carbocycles. The van der Waals surface area contributed by atoms with Crippen LogP contribution in [-0.4, -0.2) is 46.9 Å². The maximum Gasteiger partial charge on any atom is 0.251 e. The first-order chi connectivity index (χ1) is 19.0. The fraction of sp³-hybridized carbons (Fsp3) is 0.133. The summed E-state index contributed by atoms with van der Waals surface area (Å²) < 4.78 is 13.2. The summed E-state index contributed by atoms with van der Waals surface area (Å²) >= 11 is 0. The number of H-pyrrole nitrogens is 1.